The lowest BCUT2D eigenvalue weighted by Gasteiger charge is -2.37. The topological polar surface area (TPSA) is 172 Å². The quantitative estimate of drug-likeness (QED) is 0.168. The van der Waals surface area contributed by atoms with Gasteiger partial charge in [-0.2, -0.15) is 0 Å². The van der Waals surface area contributed by atoms with Crippen LogP contribution in [-0.2, 0) is 32.2 Å². The second-order valence-electron chi connectivity index (χ2n) is 9.14. The van der Waals surface area contributed by atoms with Crippen LogP contribution in [0.3, 0.4) is 0 Å². The average molecular weight is 515 g/mol. The number of ether oxygens (including phenoxy) is 1. The molecule has 0 aliphatic carbocycles. The van der Waals surface area contributed by atoms with Crippen LogP contribution in [-0.4, -0.2) is 86.5 Å². The standard InChI is InChI=1S/C25H30N4O8/c1-15(30)21(32)20-18(14-29(23(20)34)25(36)7-6-19(31)27-24(25)35)22(33)26-12-16-2-4-17(5-3-16)13-28-8-10-37-11-9-28/h2-5,26,30,32-33,36H,1,6-14H2,(H,27,31,35)/b21-20-,22-18-. The van der Waals surface area contributed by atoms with Crippen molar-refractivity contribution in [2.45, 2.75) is 31.7 Å². The van der Waals surface area contributed by atoms with Gasteiger partial charge in [-0.05, 0) is 11.1 Å². The molecule has 0 spiro atoms. The molecule has 0 radical (unpaired) electrons. The Bertz CT molecular complexity index is 1170. The second kappa shape index (κ2) is 10.6. The number of benzene rings is 1. The van der Waals surface area contributed by atoms with Crippen molar-refractivity contribution in [1.29, 1.82) is 0 Å². The van der Waals surface area contributed by atoms with Crippen molar-refractivity contribution in [2.24, 2.45) is 0 Å². The number of carbonyl (C=O) groups is 3. The zero-order valence-corrected chi connectivity index (χ0v) is 20.2. The van der Waals surface area contributed by atoms with Gasteiger partial charge >= 0.3 is 0 Å². The van der Waals surface area contributed by atoms with Gasteiger partial charge in [0.15, 0.2) is 17.4 Å². The van der Waals surface area contributed by atoms with E-state index in [1.807, 2.05) is 29.6 Å². The van der Waals surface area contributed by atoms with Gasteiger partial charge in [0.05, 0.1) is 25.3 Å². The molecular formula is C25H30N4O8. The summed E-state index contributed by atoms with van der Waals surface area (Å²) in [4.78, 5) is 40.1. The molecule has 3 heterocycles. The molecule has 1 aromatic rings. The van der Waals surface area contributed by atoms with Crippen molar-refractivity contribution in [3.05, 3.63) is 70.5 Å². The van der Waals surface area contributed by atoms with Gasteiger partial charge in [-0.15, -0.1) is 0 Å². The Morgan fingerprint density at radius 2 is 1.73 bits per heavy atom. The number of amides is 3. The van der Waals surface area contributed by atoms with E-state index in [9.17, 15) is 34.8 Å². The monoisotopic (exact) mass is 514 g/mol. The minimum Gasteiger partial charge on any atom is -0.505 e. The SMILES string of the molecule is C=C(O)/C(O)=C1/C(=O)N(C2(O)CCC(=O)NC2=O)C/C1=C(/O)NCc1ccc(CN2CCOCC2)cc1. The van der Waals surface area contributed by atoms with E-state index in [-0.39, 0.29) is 25.0 Å². The zero-order valence-electron chi connectivity index (χ0n) is 20.2. The summed E-state index contributed by atoms with van der Waals surface area (Å²) in [7, 11) is 0. The van der Waals surface area contributed by atoms with Crippen LogP contribution in [0, 0.1) is 0 Å². The lowest BCUT2D eigenvalue weighted by atomic mass is 10.00. The van der Waals surface area contributed by atoms with E-state index < -0.39 is 53.0 Å². The van der Waals surface area contributed by atoms with Gasteiger partial charge in [-0.1, -0.05) is 30.8 Å². The molecule has 3 aliphatic rings. The molecule has 1 unspecified atom stereocenters. The largest absolute Gasteiger partial charge is 0.505 e. The van der Waals surface area contributed by atoms with Gasteiger partial charge in [-0.25, -0.2) is 0 Å². The summed E-state index contributed by atoms with van der Waals surface area (Å²) in [6.45, 7) is 6.86. The van der Waals surface area contributed by atoms with Crippen molar-refractivity contribution < 1.29 is 39.5 Å². The Labute approximate surface area is 213 Å². The molecule has 1 aromatic carbocycles. The van der Waals surface area contributed by atoms with Crippen LogP contribution in [0.2, 0.25) is 0 Å². The molecule has 198 valence electrons. The van der Waals surface area contributed by atoms with Crippen LogP contribution >= 0.6 is 0 Å². The van der Waals surface area contributed by atoms with Crippen LogP contribution in [0.1, 0.15) is 24.0 Å². The van der Waals surface area contributed by atoms with Gasteiger partial charge in [0.1, 0.15) is 0 Å². The highest BCUT2D eigenvalue weighted by molar-refractivity contribution is 6.08. The number of rotatable bonds is 7. The zero-order chi connectivity index (χ0) is 26.7. The maximum atomic E-state index is 13.1. The maximum absolute atomic E-state index is 13.1. The van der Waals surface area contributed by atoms with Crippen molar-refractivity contribution in [2.75, 3.05) is 32.8 Å². The third kappa shape index (κ3) is 5.45. The van der Waals surface area contributed by atoms with Crippen molar-refractivity contribution in [1.82, 2.24) is 20.4 Å². The normalized spacial score (nSPS) is 25.6. The van der Waals surface area contributed by atoms with Crippen LogP contribution in [0.4, 0.5) is 0 Å². The van der Waals surface area contributed by atoms with Gasteiger partial charge < -0.3 is 30.5 Å². The van der Waals surface area contributed by atoms with Crippen LogP contribution < -0.4 is 10.6 Å². The van der Waals surface area contributed by atoms with Gasteiger partial charge in [0.25, 0.3) is 11.8 Å². The molecule has 3 amide bonds. The Morgan fingerprint density at radius 1 is 1.08 bits per heavy atom. The fraction of sp³-hybridized carbons (Fsp3) is 0.400. The Hall–Kier alpha value is -3.87. The number of imide groups is 1. The highest BCUT2D eigenvalue weighted by Crippen LogP contribution is 2.35. The number of hydrogen-bond acceptors (Lipinski definition) is 10. The highest BCUT2D eigenvalue weighted by Gasteiger charge is 2.53. The fourth-order valence-corrected chi connectivity index (χ4v) is 4.47. The van der Waals surface area contributed by atoms with Crippen LogP contribution in [0.15, 0.2) is 59.4 Å². The first-order chi connectivity index (χ1) is 17.6. The predicted molar refractivity (Wildman–Crippen MR) is 130 cm³/mol. The predicted octanol–water partition coefficient (Wildman–Crippen LogP) is 0.229. The molecular weight excluding hydrogens is 484 g/mol. The van der Waals surface area contributed by atoms with E-state index in [0.29, 0.717) is 13.2 Å². The summed E-state index contributed by atoms with van der Waals surface area (Å²) < 4.78 is 5.36. The second-order valence-corrected chi connectivity index (χ2v) is 9.14. The number of carbonyl (C=O) groups excluding carboxylic acids is 3. The molecule has 0 bridgehead atoms. The molecule has 12 nitrogen and oxygen atoms in total. The lowest BCUT2D eigenvalue weighted by Crippen LogP contribution is -2.63. The molecule has 12 heteroatoms. The number of nitrogens with one attached hydrogen (secondary N) is 2. The summed E-state index contributed by atoms with van der Waals surface area (Å²) >= 11 is 0. The Morgan fingerprint density at radius 3 is 2.35 bits per heavy atom. The number of aliphatic hydroxyl groups excluding tert-OH is 3. The number of likely N-dealkylation sites (tertiary alicyclic amines) is 1. The molecule has 0 saturated carbocycles. The van der Waals surface area contributed by atoms with Gasteiger partial charge in [0.2, 0.25) is 11.6 Å². The van der Waals surface area contributed by atoms with E-state index in [2.05, 4.69) is 16.8 Å². The summed E-state index contributed by atoms with van der Waals surface area (Å²) in [6, 6.07) is 7.73. The Balaban J connectivity index is 1.52. The highest BCUT2D eigenvalue weighted by atomic mass is 16.5. The number of morpholine rings is 1. The van der Waals surface area contributed by atoms with E-state index >= 15 is 0 Å². The van der Waals surface area contributed by atoms with Gasteiger partial charge in [0, 0.05) is 44.6 Å². The number of hydrogen-bond donors (Lipinski definition) is 6. The van der Waals surface area contributed by atoms with Crippen molar-refractivity contribution in [3.8, 4) is 0 Å². The number of aliphatic hydroxyl groups is 4. The van der Waals surface area contributed by atoms with Crippen LogP contribution in [0.25, 0.3) is 0 Å². The summed E-state index contributed by atoms with van der Waals surface area (Å²) in [5.41, 5.74) is -1.11. The molecule has 0 aromatic heterocycles. The molecule has 37 heavy (non-hydrogen) atoms. The lowest BCUT2D eigenvalue weighted by molar-refractivity contribution is -0.177. The van der Waals surface area contributed by atoms with E-state index in [1.165, 1.54) is 0 Å². The van der Waals surface area contributed by atoms with Crippen LogP contribution in [0.5, 0.6) is 0 Å². The van der Waals surface area contributed by atoms with Crippen molar-refractivity contribution >= 4 is 17.7 Å². The third-order valence-corrected chi connectivity index (χ3v) is 6.63. The molecule has 6 N–H and O–H groups in total. The summed E-state index contributed by atoms with van der Waals surface area (Å²) in [5.74, 6) is -4.94. The minimum absolute atomic E-state index is 0.153. The van der Waals surface area contributed by atoms with Crippen molar-refractivity contribution in [3.63, 3.8) is 0 Å². The third-order valence-electron chi connectivity index (χ3n) is 6.63. The van der Waals surface area contributed by atoms with Gasteiger partial charge in [-0.3, -0.25) is 29.5 Å². The van der Waals surface area contributed by atoms with E-state index in [1.54, 1.807) is 0 Å². The first kappa shape index (κ1) is 26.2. The van der Waals surface area contributed by atoms with E-state index in [4.69, 9.17) is 4.74 Å². The average Bonchev–Trinajstić information content (AvgIpc) is 3.23. The molecule has 3 aliphatic heterocycles. The molecule has 3 saturated heterocycles. The first-order valence-electron chi connectivity index (χ1n) is 11.8. The summed E-state index contributed by atoms with van der Waals surface area (Å²) in [6.07, 6.45) is -0.579. The molecule has 1 atom stereocenters. The number of piperidine rings is 1. The fourth-order valence-electron chi connectivity index (χ4n) is 4.47. The van der Waals surface area contributed by atoms with E-state index in [0.717, 1.165) is 35.7 Å². The Kier molecular flexibility index (Phi) is 7.52. The minimum atomic E-state index is -2.38. The number of nitrogens with zero attached hydrogens (tertiary/aromatic N) is 2. The maximum Gasteiger partial charge on any atom is 0.279 e. The molecule has 3 fully saturated rings. The smallest absolute Gasteiger partial charge is 0.279 e. The first-order valence-corrected chi connectivity index (χ1v) is 11.8. The summed E-state index contributed by atoms with van der Waals surface area (Å²) in [5, 5.41) is 46.5. The molecule has 4 rings (SSSR count).